The van der Waals surface area contributed by atoms with Gasteiger partial charge in [-0.1, -0.05) is 15.9 Å². The van der Waals surface area contributed by atoms with Crippen LogP contribution in [0.15, 0.2) is 22.7 Å². The molecule has 2 rings (SSSR count). The molecule has 7 heteroatoms. The molecular formula is C13H14BrN3O3. The fourth-order valence-corrected chi connectivity index (χ4v) is 2.19. The van der Waals surface area contributed by atoms with E-state index in [0.717, 1.165) is 15.0 Å². The van der Waals surface area contributed by atoms with Crippen molar-refractivity contribution in [3.8, 4) is 0 Å². The predicted molar refractivity (Wildman–Crippen MR) is 76.5 cm³/mol. The van der Waals surface area contributed by atoms with Gasteiger partial charge in [-0.3, -0.25) is 24.8 Å². The van der Waals surface area contributed by atoms with Crippen LogP contribution in [0.5, 0.6) is 0 Å². The summed E-state index contributed by atoms with van der Waals surface area (Å²) in [6.07, 6.45) is -0.163. The summed E-state index contributed by atoms with van der Waals surface area (Å²) in [5, 5.41) is 3.78. The molecule has 1 saturated heterocycles. The summed E-state index contributed by atoms with van der Waals surface area (Å²) in [4.78, 5) is 35.1. The molecule has 3 amide bonds. The Kier molecular flexibility index (Phi) is 4.08. The number of amides is 3. The Balaban J connectivity index is 2.00. The van der Waals surface area contributed by atoms with Gasteiger partial charge in [0, 0.05) is 23.6 Å². The van der Waals surface area contributed by atoms with E-state index < -0.39 is 17.7 Å². The van der Waals surface area contributed by atoms with Crippen LogP contribution in [0.3, 0.4) is 0 Å². The zero-order valence-corrected chi connectivity index (χ0v) is 12.7. The molecule has 1 atom stereocenters. The maximum absolute atomic E-state index is 11.9. The second-order valence-corrected chi connectivity index (χ2v) is 5.50. The Morgan fingerprint density at radius 1 is 1.45 bits per heavy atom. The van der Waals surface area contributed by atoms with Crippen LogP contribution in [0.1, 0.15) is 12.0 Å². The largest absolute Gasteiger partial charge is 0.326 e. The van der Waals surface area contributed by atoms with Gasteiger partial charge in [0.2, 0.25) is 5.91 Å². The molecule has 0 bridgehead atoms. The molecule has 0 radical (unpaired) electrons. The SMILES string of the molecule is Cc1cc(NC(=O)CC2C(=O)NN(C)C2=O)ccc1Br. The minimum absolute atomic E-state index is 0.163. The van der Waals surface area contributed by atoms with Crippen molar-refractivity contribution < 1.29 is 14.4 Å². The number of benzene rings is 1. The van der Waals surface area contributed by atoms with E-state index in [1.165, 1.54) is 7.05 Å². The zero-order chi connectivity index (χ0) is 14.9. The number of hydrogen-bond acceptors (Lipinski definition) is 3. The van der Waals surface area contributed by atoms with Crippen molar-refractivity contribution in [3.05, 3.63) is 28.2 Å². The number of anilines is 1. The van der Waals surface area contributed by atoms with Crippen LogP contribution in [0.25, 0.3) is 0 Å². The molecular weight excluding hydrogens is 326 g/mol. The summed E-state index contributed by atoms with van der Waals surface area (Å²) in [7, 11) is 1.45. The van der Waals surface area contributed by atoms with Gasteiger partial charge in [0.25, 0.3) is 11.8 Å². The van der Waals surface area contributed by atoms with Gasteiger partial charge in [-0.05, 0) is 30.7 Å². The number of carbonyl (C=O) groups is 3. The van der Waals surface area contributed by atoms with Crippen molar-refractivity contribution in [1.29, 1.82) is 0 Å². The third-order valence-corrected chi connectivity index (χ3v) is 3.94. The molecule has 1 aliphatic heterocycles. The van der Waals surface area contributed by atoms with E-state index in [9.17, 15) is 14.4 Å². The Labute approximate surface area is 124 Å². The lowest BCUT2D eigenvalue weighted by molar-refractivity contribution is -0.134. The fourth-order valence-electron chi connectivity index (χ4n) is 1.94. The van der Waals surface area contributed by atoms with E-state index in [1.807, 2.05) is 19.1 Å². The van der Waals surface area contributed by atoms with E-state index in [4.69, 9.17) is 0 Å². The molecule has 1 aromatic rings. The number of rotatable bonds is 3. The molecule has 0 saturated carbocycles. The second-order valence-electron chi connectivity index (χ2n) is 4.64. The predicted octanol–water partition coefficient (Wildman–Crippen LogP) is 1.21. The number of carbonyl (C=O) groups excluding carboxylic acids is 3. The number of nitrogens with one attached hydrogen (secondary N) is 2. The third-order valence-electron chi connectivity index (χ3n) is 3.05. The average Bonchev–Trinajstić information content (AvgIpc) is 2.61. The normalized spacial score (nSPS) is 18.1. The second kappa shape index (κ2) is 5.62. The summed E-state index contributed by atoms with van der Waals surface area (Å²) < 4.78 is 0.947. The van der Waals surface area contributed by atoms with Gasteiger partial charge in [0.15, 0.2) is 0 Å². The minimum Gasteiger partial charge on any atom is -0.326 e. The molecule has 106 valence electrons. The molecule has 2 N–H and O–H groups in total. The Morgan fingerprint density at radius 3 is 2.70 bits per heavy atom. The highest BCUT2D eigenvalue weighted by Gasteiger charge is 2.38. The maximum Gasteiger partial charge on any atom is 0.253 e. The number of halogens is 1. The Hall–Kier alpha value is -1.89. The van der Waals surface area contributed by atoms with E-state index in [0.29, 0.717) is 5.69 Å². The van der Waals surface area contributed by atoms with E-state index >= 15 is 0 Å². The summed E-state index contributed by atoms with van der Waals surface area (Å²) in [5.74, 6) is -2.15. The van der Waals surface area contributed by atoms with Crippen LogP contribution in [0.4, 0.5) is 5.69 Å². The van der Waals surface area contributed by atoms with Crippen LogP contribution < -0.4 is 10.7 Å². The van der Waals surface area contributed by atoms with Crippen LogP contribution in [-0.4, -0.2) is 29.8 Å². The van der Waals surface area contributed by atoms with E-state index in [-0.39, 0.29) is 12.3 Å². The summed E-state index contributed by atoms with van der Waals surface area (Å²) in [6.45, 7) is 1.91. The monoisotopic (exact) mass is 339 g/mol. The Bertz CT molecular complexity index is 588. The van der Waals surface area contributed by atoms with Gasteiger partial charge >= 0.3 is 0 Å². The standard InChI is InChI=1S/C13H14BrN3O3/c1-7-5-8(3-4-10(7)14)15-11(18)6-9-12(19)16-17(2)13(9)20/h3-5,9H,6H2,1-2H3,(H,15,18)(H,16,19). The van der Waals surface area contributed by atoms with Gasteiger partial charge < -0.3 is 5.32 Å². The third kappa shape index (κ3) is 2.98. The van der Waals surface area contributed by atoms with E-state index in [1.54, 1.807) is 6.07 Å². The molecule has 1 unspecified atom stereocenters. The van der Waals surface area contributed by atoms with Crippen molar-refractivity contribution in [2.24, 2.45) is 5.92 Å². The molecule has 0 aliphatic carbocycles. The quantitative estimate of drug-likeness (QED) is 0.812. The van der Waals surface area contributed by atoms with Crippen molar-refractivity contribution >= 4 is 39.3 Å². The number of hydrazine groups is 1. The van der Waals surface area contributed by atoms with Crippen LogP contribution >= 0.6 is 15.9 Å². The first-order chi connectivity index (χ1) is 9.38. The first-order valence-corrected chi connectivity index (χ1v) is 6.82. The molecule has 1 aromatic carbocycles. The van der Waals surface area contributed by atoms with Gasteiger partial charge in [-0.15, -0.1) is 0 Å². The van der Waals surface area contributed by atoms with E-state index in [2.05, 4.69) is 26.7 Å². The molecule has 20 heavy (non-hydrogen) atoms. The number of hydrogen-bond donors (Lipinski definition) is 2. The molecule has 0 aromatic heterocycles. The summed E-state index contributed by atoms with van der Waals surface area (Å²) >= 11 is 3.37. The van der Waals surface area contributed by atoms with Gasteiger partial charge in [0.05, 0.1) is 0 Å². The first kappa shape index (κ1) is 14.5. The highest BCUT2D eigenvalue weighted by Crippen LogP contribution is 2.21. The zero-order valence-electron chi connectivity index (χ0n) is 11.1. The van der Waals surface area contributed by atoms with Gasteiger partial charge in [-0.25, -0.2) is 0 Å². The van der Waals surface area contributed by atoms with Crippen LogP contribution in [-0.2, 0) is 14.4 Å². The molecule has 1 aliphatic rings. The maximum atomic E-state index is 11.9. The van der Waals surface area contributed by atoms with Gasteiger partial charge in [-0.2, -0.15) is 0 Å². The van der Waals surface area contributed by atoms with Crippen molar-refractivity contribution in [1.82, 2.24) is 10.4 Å². The highest BCUT2D eigenvalue weighted by atomic mass is 79.9. The molecule has 6 nitrogen and oxygen atoms in total. The lowest BCUT2D eigenvalue weighted by atomic mass is 10.0. The topological polar surface area (TPSA) is 78.5 Å². The lowest BCUT2D eigenvalue weighted by Crippen LogP contribution is -2.31. The Morgan fingerprint density at radius 2 is 2.15 bits per heavy atom. The van der Waals surface area contributed by atoms with Crippen molar-refractivity contribution in [2.45, 2.75) is 13.3 Å². The molecule has 0 spiro atoms. The number of aryl methyl sites for hydroxylation is 1. The first-order valence-electron chi connectivity index (χ1n) is 6.02. The summed E-state index contributed by atoms with van der Waals surface area (Å²) in [6, 6.07) is 5.38. The van der Waals surface area contributed by atoms with Crippen molar-refractivity contribution in [3.63, 3.8) is 0 Å². The van der Waals surface area contributed by atoms with Gasteiger partial charge in [0.1, 0.15) is 5.92 Å². The smallest absolute Gasteiger partial charge is 0.253 e. The lowest BCUT2D eigenvalue weighted by Gasteiger charge is -2.09. The molecule has 1 fully saturated rings. The van der Waals surface area contributed by atoms with Crippen LogP contribution in [0.2, 0.25) is 0 Å². The average molecular weight is 340 g/mol. The number of nitrogens with zero attached hydrogens (tertiary/aromatic N) is 1. The highest BCUT2D eigenvalue weighted by molar-refractivity contribution is 9.10. The fraction of sp³-hybridized carbons (Fsp3) is 0.308. The summed E-state index contributed by atoms with van der Waals surface area (Å²) in [5.41, 5.74) is 3.98. The van der Waals surface area contributed by atoms with Crippen LogP contribution in [0, 0.1) is 12.8 Å². The molecule has 1 heterocycles. The van der Waals surface area contributed by atoms with Crippen molar-refractivity contribution in [2.75, 3.05) is 12.4 Å². The minimum atomic E-state index is -0.948.